The maximum Gasteiger partial charge on any atom is 0.146 e. The molecule has 0 aliphatic heterocycles. The molecule has 0 saturated heterocycles. The van der Waals surface area contributed by atoms with Crippen LogP contribution in [0.3, 0.4) is 0 Å². The second-order valence-electron chi connectivity index (χ2n) is 2.91. The van der Waals surface area contributed by atoms with Crippen LogP contribution in [0, 0.1) is 5.82 Å². The molecule has 0 bridgehead atoms. The quantitative estimate of drug-likeness (QED) is 0.526. The lowest BCUT2D eigenvalue weighted by Crippen LogP contribution is -2.21. The van der Waals surface area contributed by atoms with E-state index in [1.54, 1.807) is 0 Å². The van der Waals surface area contributed by atoms with Gasteiger partial charge in [-0.3, -0.25) is 0 Å². The van der Waals surface area contributed by atoms with Crippen LogP contribution in [0.1, 0.15) is 11.7 Å². The van der Waals surface area contributed by atoms with Crippen molar-refractivity contribution in [3.63, 3.8) is 0 Å². The SMILES string of the molecule is Nc1c(F)cccc1C(O)C(O)CCl. The topological polar surface area (TPSA) is 66.5 Å². The number of hydrogen-bond donors (Lipinski definition) is 3. The predicted octanol–water partition coefficient (Wildman–Crippen LogP) is 1.04. The fourth-order valence-electron chi connectivity index (χ4n) is 1.10. The Morgan fingerprint density at radius 2 is 2.07 bits per heavy atom. The van der Waals surface area contributed by atoms with E-state index >= 15 is 0 Å². The summed E-state index contributed by atoms with van der Waals surface area (Å²) in [5.74, 6) is -0.764. The van der Waals surface area contributed by atoms with Crippen molar-refractivity contribution in [1.82, 2.24) is 0 Å². The Labute approximate surface area is 85.9 Å². The van der Waals surface area contributed by atoms with Crippen molar-refractivity contribution in [2.75, 3.05) is 11.6 Å². The third kappa shape index (κ3) is 2.15. The molecule has 1 aromatic carbocycles. The molecule has 5 heteroatoms. The molecule has 0 radical (unpaired) electrons. The average molecular weight is 220 g/mol. The molecule has 0 fully saturated rings. The van der Waals surface area contributed by atoms with E-state index in [4.69, 9.17) is 17.3 Å². The summed E-state index contributed by atoms with van der Waals surface area (Å²) >= 11 is 5.34. The first-order valence-corrected chi connectivity index (χ1v) is 4.57. The van der Waals surface area contributed by atoms with Crippen molar-refractivity contribution in [3.8, 4) is 0 Å². The van der Waals surface area contributed by atoms with E-state index in [0.29, 0.717) is 0 Å². The Balaban J connectivity index is 3.01. The van der Waals surface area contributed by atoms with Gasteiger partial charge in [0.2, 0.25) is 0 Å². The number of anilines is 1. The number of rotatable bonds is 3. The van der Waals surface area contributed by atoms with Crippen molar-refractivity contribution in [2.24, 2.45) is 0 Å². The monoisotopic (exact) mass is 219 g/mol. The van der Waals surface area contributed by atoms with Gasteiger partial charge in [0.1, 0.15) is 11.9 Å². The summed E-state index contributed by atoms with van der Waals surface area (Å²) in [4.78, 5) is 0. The molecule has 0 heterocycles. The predicted molar refractivity (Wildman–Crippen MR) is 52.5 cm³/mol. The molecule has 3 nitrogen and oxygen atoms in total. The largest absolute Gasteiger partial charge is 0.396 e. The second kappa shape index (κ2) is 4.59. The fourth-order valence-corrected chi connectivity index (χ4v) is 1.27. The molecule has 0 saturated carbocycles. The molecule has 1 aromatic rings. The van der Waals surface area contributed by atoms with Crippen LogP contribution in [0.15, 0.2) is 18.2 Å². The number of aliphatic hydroxyl groups excluding tert-OH is 2. The first kappa shape index (κ1) is 11.2. The molecule has 14 heavy (non-hydrogen) atoms. The van der Waals surface area contributed by atoms with Crippen LogP contribution in [0.2, 0.25) is 0 Å². The molecule has 1 rings (SSSR count). The Morgan fingerprint density at radius 3 is 2.64 bits per heavy atom. The maximum atomic E-state index is 13.0. The van der Waals surface area contributed by atoms with E-state index in [1.165, 1.54) is 18.2 Å². The third-order valence-corrected chi connectivity index (χ3v) is 2.24. The van der Waals surface area contributed by atoms with Gasteiger partial charge in [0.05, 0.1) is 17.7 Å². The fraction of sp³-hybridized carbons (Fsp3) is 0.333. The minimum Gasteiger partial charge on any atom is -0.396 e. The van der Waals surface area contributed by atoms with Gasteiger partial charge in [-0.25, -0.2) is 4.39 Å². The van der Waals surface area contributed by atoms with Crippen molar-refractivity contribution in [3.05, 3.63) is 29.6 Å². The van der Waals surface area contributed by atoms with Gasteiger partial charge in [0.15, 0.2) is 0 Å². The number of hydrogen-bond acceptors (Lipinski definition) is 3. The normalized spacial score (nSPS) is 15.1. The number of alkyl halides is 1. The highest BCUT2D eigenvalue weighted by Gasteiger charge is 2.20. The van der Waals surface area contributed by atoms with E-state index in [0.717, 1.165) is 0 Å². The van der Waals surface area contributed by atoms with E-state index in [-0.39, 0.29) is 17.1 Å². The molecule has 4 N–H and O–H groups in total. The van der Waals surface area contributed by atoms with Gasteiger partial charge in [-0.15, -0.1) is 11.6 Å². The molecule has 78 valence electrons. The van der Waals surface area contributed by atoms with Gasteiger partial charge in [0, 0.05) is 5.56 Å². The summed E-state index contributed by atoms with van der Waals surface area (Å²) in [7, 11) is 0. The minimum absolute atomic E-state index is 0.142. The number of aliphatic hydroxyl groups is 2. The lowest BCUT2D eigenvalue weighted by Gasteiger charge is -2.17. The molecular formula is C9H11ClFNO2. The van der Waals surface area contributed by atoms with Crippen molar-refractivity contribution in [1.29, 1.82) is 0 Å². The Morgan fingerprint density at radius 1 is 1.43 bits per heavy atom. The van der Waals surface area contributed by atoms with Crippen molar-refractivity contribution in [2.45, 2.75) is 12.2 Å². The van der Waals surface area contributed by atoms with E-state index in [1.807, 2.05) is 0 Å². The van der Waals surface area contributed by atoms with Crippen molar-refractivity contribution >= 4 is 17.3 Å². The number of benzene rings is 1. The van der Waals surface area contributed by atoms with Crippen LogP contribution in [-0.4, -0.2) is 22.2 Å². The van der Waals surface area contributed by atoms with Gasteiger partial charge in [0.25, 0.3) is 0 Å². The highest BCUT2D eigenvalue weighted by Crippen LogP contribution is 2.25. The first-order valence-electron chi connectivity index (χ1n) is 4.04. The molecular weight excluding hydrogens is 209 g/mol. The summed E-state index contributed by atoms with van der Waals surface area (Å²) in [5, 5.41) is 18.7. The zero-order valence-corrected chi connectivity index (χ0v) is 8.08. The Hall–Kier alpha value is -0.840. The summed E-state index contributed by atoms with van der Waals surface area (Å²) in [6, 6.07) is 4.03. The van der Waals surface area contributed by atoms with E-state index < -0.39 is 18.0 Å². The van der Waals surface area contributed by atoms with Gasteiger partial charge in [-0.1, -0.05) is 12.1 Å². The molecule has 0 amide bonds. The highest BCUT2D eigenvalue weighted by molar-refractivity contribution is 6.18. The van der Waals surface area contributed by atoms with E-state index in [2.05, 4.69) is 0 Å². The third-order valence-electron chi connectivity index (χ3n) is 1.93. The zero-order chi connectivity index (χ0) is 10.7. The van der Waals surface area contributed by atoms with E-state index in [9.17, 15) is 14.6 Å². The van der Waals surface area contributed by atoms with Crippen LogP contribution in [0.25, 0.3) is 0 Å². The summed E-state index contributed by atoms with van der Waals surface area (Å²) in [6.45, 7) is 0. The number of para-hydroxylation sites is 1. The Kier molecular flexibility index (Phi) is 3.69. The number of halogens is 2. The van der Waals surface area contributed by atoms with Crippen LogP contribution in [-0.2, 0) is 0 Å². The average Bonchev–Trinajstić information content (AvgIpc) is 2.20. The highest BCUT2D eigenvalue weighted by atomic mass is 35.5. The van der Waals surface area contributed by atoms with Gasteiger partial charge in [-0.2, -0.15) is 0 Å². The molecule has 0 spiro atoms. The second-order valence-corrected chi connectivity index (χ2v) is 3.22. The molecule has 0 aliphatic carbocycles. The molecule has 2 atom stereocenters. The lowest BCUT2D eigenvalue weighted by molar-refractivity contribution is 0.0330. The minimum atomic E-state index is -1.26. The van der Waals surface area contributed by atoms with Crippen LogP contribution in [0.4, 0.5) is 10.1 Å². The van der Waals surface area contributed by atoms with Crippen molar-refractivity contribution < 1.29 is 14.6 Å². The van der Waals surface area contributed by atoms with Gasteiger partial charge < -0.3 is 15.9 Å². The maximum absolute atomic E-state index is 13.0. The van der Waals surface area contributed by atoms with Crippen LogP contribution < -0.4 is 5.73 Å². The number of nitrogen functional groups attached to an aromatic ring is 1. The summed E-state index contributed by atoms with van der Waals surface area (Å²) in [6.07, 6.45) is -2.41. The van der Waals surface area contributed by atoms with Crippen LogP contribution in [0.5, 0.6) is 0 Å². The van der Waals surface area contributed by atoms with Gasteiger partial charge in [-0.05, 0) is 6.07 Å². The lowest BCUT2D eigenvalue weighted by atomic mass is 10.0. The van der Waals surface area contributed by atoms with Gasteiger partial charge >= 0.3 is 0 Å². The summed E-state index contributed by atoms with van der Waals surface area (Å²) in [5.41, 5.74) is 5.38. The van der Waals surface area contributed by atoms with Crippen LogP contribution >= 0.6 is 11.6 Å². The smallest absolute Gasteiger partial charge is 0.146 e. The Bertz CT molecular complexity index is 322. The number of nitrogens with two attached hydrogens (primary N) is 1. The molecule has 2 unspecified atom stereocenters. The first-order chi connectivity index (χ1) is 6.57. The zero-order valence-electron chi connectivity index (χ0n) is 7.32. The molecule has 0 aromatic heterocycles. The summed E-state index contributed by atoms with van der Waals surface area (Å²) < 4.78 is 13.0. The molecule has 0 aliphatic rings. The standard InChI is InChI=1S/C9H11ClFNO2/c10-4-7(13)9(14)5-2-1-3-6(11)8(5)12/h1-3,7,9,13-14H,4,12H2.